The van der Waals surface area contributed by atoms with E-state index in [0.29, 0.717) is 5.56 Å². The lowest BCUT2D eigenvalue weighted by Gasteiger charge is -2.20. The molecule has 11 heteroatoms. The van der Waals surface area contributed by atoms with Crippen molar-refractivity contribution in [1.82, 2.24) is 14.7 Å². The van der Waals surface area contributed by atoms with E-state index in [9.17, 15) is 19.2 Å². The van der Waals surface area contributed by atoms with E-state index < -0.39 is 35.2 Å². The van der Waals surface area contributed by atoms with E-state index in [1.54, 1.807) is 24.3 Å². The maximum absolute atomic E-state index is 13.2. The molecule has 0 aliphatic heterocycles. The van der Waals surface area contributed by atoms with Gasteiger partial charge in [-0.2, -0.15) is 0 Å². The van der Waals surface area contributed by atoms with Gasteiger partial charge >= 0.3 is 18.3 Å². The van der Waals surface area contributed by atoms with Crippen LogP contribution in [0.15, 0.2) is 51.7 Å². The van der Waals surface area contributed by atoms with Gasteiger partial charge in [0.2, 0.25) is 5.75 Å². The molecule has 0 aliphatic carbocycles. The number of rotatable bonds is 4. The summed E-state index contributed by atoms with van der Waals surface area (Å²) in [5.74, 6) is -0.912. The van der Waals surface area contributed by atoms with E-state index in [4.69, 9.17) is 18.6 Å². The van der Waals surface area contributed by atoms with Crippen LogP contribution in [0.2, 0.25) is 0 Å². The Morgan fingerprint density at radius 2 is 1.23 bits per heavy atom. The molecule has 3 amide bonds. The first kappa shape index (κ1) is 25.1. The molecule has 0 unspecified atom stereocenters. The van der Waals surface area contributed by atoms with E-state index in [1.165, 1.54) is 54.4 Å². The number of nitrogens with zero attached hydrogens (tertiary/aromatic N) is 3. The SMILES string of the molecule is CN(C)C(=O)Oc1cc2oc(-c3ccccc3)cc(=O)c2c(OC(=O)N(C)C)c1OC(=O)N(C)C. The smallest absolute Gasteiger partial charge is 0.414 e. The van der Waals surface area contributed by atoms with Gasteiger partial charge < -0.3 is 33.3 Å². The third-order valence-electron chi connectivity index (χ3n) is 4.62. The van der Waals surface area contributed by atoms with Gasteiger partial charge in [0.15, 0.2) is 16.9 Å². The van der Waals surface area contributed by atoms with Gasteiger partial charge in [-0.1, -0.05) is 30.3 Å². The minimum absolute atomic E-state index is 0.0517. The van der Waals surface area contributed by atoms with Gasteiger partial charge in [0, 0.05) is 60.0 Å². The van der Waals surface area contributed by atoms with Crippen molar-refractivity contribution in [3.05, 3.63) is 52.7 Å². The summed E-state index contributed by atoms with van der Waals surface area (Å²) in [6.45, 7) is 0. The lowest BCUT2D eigenvalue weighted by molar-refractivity contribution is 0.155. The number of hydrogen-bond donors (Lipinski definition) is 0. The molecule has 0 aliphatic rings. The Morgan fingerprint density at radius 1 is 0.714 bits per heavy atom. The van der Waals surface area contributed by atoms with Crippen molar-refractivity contribution in [3.63, 3.8) is 0 Å². The minimum Gasteiger partial charge on any atom is -0.456 e. The number of ether oxygens (including phenoxy) is 3. The van der Waals surface area contributed by atoms with Crippen LogP contribution < -0.4 is 19.6 Å². The van der Waals surface area contributed by atoms with Gasteiger partial charge in [-0.15, -0.1) is 0 Å². The van der Waals surface area contributed by atoms with Crippen molar-refractivity contribution < 1.29 is 33.0 Å². The molecule has 2 aromatic carbocycles. The fourth-order valence-electron chi connectivity index (χ4n) is 2.80. The molecule has 0 atom stereocenters. The Bertz CT molecular complexity index is 1330. The Kier molecular flexibility index (Phi) is 7.28. The lowest BCUT2D eigenvalue weighted by atomic mass is 10.1. The normalized spacial score (nSPS) is 10.5. The van der Waals surface area contributed by atoms with E-state index in [1.807, 2.05) is 6.07 Å². The van der Waals surface area contributed by atoms with Crippen molar-refractivity contribution in [1.29, 1.82) is 0 Å². The molecule has 35 heavy (non-hydrogen) atoms. The topological polar surface area (TPSA) is 119 Å². The van der Waals surface area contributed by atoms with Crippen LogP contribution in [0.25, 0.3) is 22.3 Å². The average molecular weight is 483 g/mol. The highest BCUT2D eigenvalue weighted by molar-refractivity contribution is 5.94. The van der Waals surface area contributed by atoms with E-state index in [0.717, 1.165) is 14.7 Å². The molecule has 11 nitrogen and oxygen atoms in total. The van der Waals surface area contributed by atoms with Gasteiger partial charge in [0.05, 0.1) is 0 Å². The molecular weight excluding hydrogens is 458 g/mol. The molecule has 0 spiro atoms. The molecular formula is C24H25N3O8. The number of carbonyl (C=O) groups excluding carboxylic acids is 3. The molecule has 0 fully saturated rings. The van der Waals surface area contributed by atoms with Crippen LogP contribution in [0.5, 0.6) is 17.2 Å². The molecule has 0 bridgehead atoms. The number of carbonyl (C=O) groups is 3. The van der Waals surface area contributed by atoms with Gasteiger partial charge in [0.1, 0.15) is 16.7 Å². The molecule has 1 aromatic heterocycles. The summed E-state index contributed by atoms with van der Waals surface area (Å²) in [5, 5.41) is -0.175. The maximum Gasteiger partial charge on any atom is 0.414 e. The molecule has 0 N–H and O–H groups in total. The summed E-state index contributed by atoms with van der Waals surface area (Å²) in [6, 6.07) is 11.3. The highest BCUT2D eigenvalue weighted by Gasteiger charge is 2.28. The number of hydrogen-bond acceptors (Lipinski definition) is 8. The quantitative estimate of drug-likeness (QED) is 0.552. The summed E-state index contributed by atoms with van der Waals surface area (Å²) in [4.78, 5) is 53.8. The first-order valence-corrected chi connectivity index (χ1v) is 10.4. The van der Waals surface area contributed by atoms with E-state index >= 15 is 0 Å². The van der Waals surface area contributed by atoms with E-state index in [2.05, 4.69) is 0 Å². The fraction of sp³-hybridized carbons (Fsp3) is 0.250. The summed E-state index contributed by atoms with van der Waals surface area (Å²) >= 11 is 0. The molecule has 0 saturated heterocycles. The van der Waals surface area contributed by atoms with Gasteiger partial charge in [-0.25, -0.2) is 14.4 Å². The third kappa shape index (κ3) is 5.52. The highest BCUT2D eigenvalue weighted by atomic mass is 16.6. The zero-order valence-electron chi connectivity index (χ0n) is 20.1. The molecule has 3 rings (SSSR count). The zero-order valence-corrected chi connectivity index (χ0v) is 20.1. The molecule has 0 saturated carbocycles. The Hall–Kier alpha value is -4.54. The van der Waals surface area contributed by atoms with Crippen LogP contribution in [0.3, 0.4) is 0 Å². The van der Waals surface area contributed by atoms with Crippen molar-refractivity contribution in [2.75, 3.05) is 42.3 Å². The third-order valence-corrected chi connectivity index (χ3v) is 4.62. The molecule has 3 aromatic rings. The van der Waals surface area contributed by atoms with Crippen LogP contribution >= 0.6 is 0 Å². The number of fused-ring (bicyclic) bond motifs is 1. The molecule has 0 radical (unpaired) electrons. The van der Waals surface area contributed by atoms with Crippen LogP contribution in [-0.4, -0.2) is 75.3 Å². The predicted octanol–water partition coefficient (Wildman–Crippen LogP) is 3.64. The summed E-state index contributed by atoms with van der Waals surface area (Å²) < 4.78 is 22.2. The maximum atomic E-state index is 13.2. The second-order valence-corrected chi connectivity index (χ2v) is 8.03. The fourth-order valence-corrected chi connectivity index (χ4v) is 2.80. The minimum atomic E-state index is -0.865. The van der Waals surface area contributed by atoms with Crippen LogP contribution in [-0.2, 0) is 0 Å². The van der Waals surface area contributed by atoms with Crippen molar-refractivity contribution in [2.45, 2.75) is 0 Å². The van der Waals surface area contributed by atoms with Gasteiger partial charge in [0.25, 0.3) is 0 Å². The van der Waals surface area contributed by atoms with Crippen molar-refractivity contribution >= 4 is 29.2 Å². The van der Waals surface area contributed by atoms with Crippen LogP contribution in [0.4, 0.5) is 14.4 Å². The summed E-state index contributed by atoms with van der Waals surface area (Å²) in [7, 11) is 8.64. The predicted molar refractivity (Wildman–Crippen MR) is 127 cm³/mol. The van der Waals surface area contributed by atoms with Crippen LogP contribution in [0.1, 0.15) is 0 Å². The summed E-state index contributed by atoms with van der Waals surface area (Å²) in [5.41, 5.74) is -0.00306. The molecule has 1 heterocycles. The number of benzene rings is 2. The zero-order chi connectivity index (χ0) is 25.9. The second kappa shape index (κ2) is 10.2. The standard InChI is InChI=1S/C24H25N3O8/c1-25(2)22(29)33-18-13-17-19(15(28)12-16(32-17)14-10-8-7-9-11-14)21(35-24(31)27(5)6)20(18)34-23(30)26(3)4/h7-13H,1-6H3. The van der Waals surface area contributed by atoms with E-state index in [-0.39, 0.29) is 22.5 Å². The first-order chi connectivity index (χ1) is 16.5. The highest BCUT2D eigenvalue weighted by Crippen LogP contribution is 2.44. The summed E-state index contributed by atoms with van der Waals surface area (Å²) in [6.07, 6.45) is -2.53. The molecule has 184 valence electrons. The largest absolute Gasteiger partial charge is 0.456 e. The average Bonchev–Trinajstić information content (AvgIpc) is 2.80. The van der Waals surface area contributed by atoms with Gasteiger partial charge in [-0.3, -0.25) is 4.79 Å². The van der Waals surface area contributed by atoms with Crippen molar-refractivity contribution in [2.24, 2.45) is 0 Å². The Labute approximate surface area is 201 Å². The van der Waals surface area contributed by atoms with Gasteiger partial charge in [-0.05, 0) is 0 Å². The second-order valence-electron chi connectivity index (χ2n) is 8.03. The first-order valence-electron chi connectivity index (χ1n) is 10.4. The monoisotopic (exact) mass is 483 g/mol. The van der Waals surface area contributed by atoms with Crippen LogP contribution in [0, 0.1) is 0 Å². The Balaban J connectivity index is 2.36. The van der Waals surface area contributed by atoms with Crippen molar-refractivity contribution in [3.8, 4) is 28.6 Å². The Morgan fingerprint density at radius 3 is 1.77 bits per heavy atom. The number of amides is 3. The lowest BCUT2D eigenvalue weighted by Crippen LogP contribution is -2.29.